The summed E-state index contributed by atoms with van der Waals surface area (Å²) in [7, 11) is -0.492. The average molecular weight is 553 g/mol. The molecule has 0 fully saturated rings. The number of unbranched alkanes of at least 4 members (excludes halogenated alkanes) is 26. The molecule has 4 heteroatoms. The third-order valence-corrected chi connectivity index (χ3v) is 7.89. The molecule has 0 heterocycles. The van der Waals surface area contributed by atoms with Crippen molar-refractivity contribution in [1.29, 1.82) is 0 Å². The summed E-state index contributed by atoms with van der Waals surface area (Å²) < 4.78 is 17.7. The fourth-order valence-corrected chi connectivity index (χ4v) is 5.30. The van der Waals surface area contributed by atoms with Gasteiger partial charge in [0, 0.05) is 19.3 Å². The van der Waals surface area contributed by atoms with Crippen LogP contribution in [0.3, 0.4) is 0 Å². The van der Waals surface area contributed by atoms with E-state index in [0.717, 1.165) is 26.1 Å². The monoisotopic (exact) mass is 553 g/mol. The number of hydrogen-bond donors (Lipinski definition) is 0. The Hall–Kier alpha value is -0.0551. The molecule has 0 aliphatic heterocycles. The molecule has 0 saturated carbocycles. The smallest absolute Gasteiger partial charge is 0.386 e. The van der Waals surface area contributed by atoms with Crippen LogP contribution < -0.4 is 0 Å². The van der Waals surface area contributed by atoms with E-state index in [1.54, 1.807) is 0 Å². The van der Waals surface area contributed by atoms with Crippen molar-refractivity contribution in [2.75, 3.05) is 13.2 Å². The molecule has 0 aromatic carbocycles. The van der Waals surface area contributed by atoms with E-state index in [9.17, 15) is 0 Å². The van der Waals surface area contributed by atoms with Gasteiger partial charge in [-0.1, -0.05) is 181 Å². The second-order valence-corrected chi connectivity index (χ2v) is 12.4. The van der Waals surface area contributed by atoms with Gasteiger partial charge in [0.25, 0.3) is 0 Å². The van der Waals surface area contributed by atoms with Crippen molar-refractivity contribution >= 4 is 7.32 Å². The molecule has 0 aromatic rings. The van der Waals surface area contributed by atoms with Crippen molar-refractivity contribution in [3.8, 4) is 0 Å². The molecule has 0 aliphatic rings. The van der Waals surface area contributed by atoms with E-state index in [1.807, 2.05) is 0 Å². The average Bonchev–Trinajstić information content (AvgIpc) is 2.92. The molecular weight excluding hydrogens is 479 g/mol. The van der Waals surface area contributed by atoms with Gasteiger partial charge in [-0.2, -0.15) is 0 Å². The van der Waals surface area contributed by atoms with Gasteiger partial charge in [-0.15, -0.1) is 0 Å². The lowest BCUT2D eigenvalue weighted by Gasteiger charge is -2.17. The zero-order chi connectivity index (χ0) is 28.5. The highest BCUT2D eigenvalue weighted by Gasteiger charge is 2.22. The molecule has 0 unspecified atom stereocenters. The largest absolute Gasteiger partial charge is 0.639 e. The van der Waals surface area contributed by atoms with Gasteiger partial charge in [0.1, 0.15) is 0 Å². The lowest BCUT2D eigenvalue weighted by molar-refractivity contribution is 0.0675. The van der Waals surface area contributed by atoms with Crippen LogP contribution in [0.15, 0.2) is 0 Å². The Morgan fingerprint density at radius 2 is 0.590 bits per heavy atom. The first-order valence-corrected chi connectivity index (χ1v) is 18.1. The van der Waals surface area contributed by atoms with Crippen LogP contribution in [0.5, 0.6) is 0 Å². The summed E-state index contributed by atoms with van der Waals surface area (Å²) in [6.07, 6.45) is 38.8. The van der Waals surface area contributed by atoms with Crippen LogP contribution in [0.25, 0.3) is 0 Å². The fraction of sp³-hybridized carbons (Fsp3) is 1.00. The molecule has 234 valence electrons. The van der Waals surface area contributed by atoms with Gasteiger partial charge in [-0.05, 0) is 26.7 Å². The third-order valence-electron chi connectivity index (χ3n) is 7.89. The minimum atomic E-state index is -0.492. The molecule has 3 nitrogen and oxygen atoms in total. The van der Waals surface area contributed by atoms with E-state index in [4.69, 9.17) is 14.0 Å². The Kier molecular flexibility index (Phi) is 34.1. The topological polar surface area (TPSA) is 27.7 Å². The van der Waals surface area contributed by atoms with Crippen molar-refractivity contribution in [1.82, 2.24) is 0 Å². The predicted molar refractivity (Wildman–Crippen MR) is 175 cm³/mol. The van der Waals surface area contributed by atoms with E-state index >= 15 is 0 Å². The Morgan fingerprint density at radius 3 is 0.821 bits per heavy atom. The molecule has 0 aliphatic carbocycles. The first-order valence-electron chi connectivity index (χ1n) is 18.1. The molecule has 0 bridgehead atoms. The maximum Gasteiger partial charge on any atom is 0.639 e. The van der Waals surface area contributed by atoms with E-state index in [0.29, 0.717) is 0 Å². The van der Waals surface area contributed by atoms with Crippen LogP contribution in [0.1, 0.15) is 207 Å². The van der Waals surface area contributed by atoms with Crippen molar-refractivity contribution in [2.24, 2.45) is 0 Å². The lowest BCUT2D eigenvalue weighted by Crippen LogP contribution is -2.31. The molecule has 0 spiro atoms. The molecule has 0 amide bonds. The van der Waals surface area contributed by atoms with Crippen LogP contribution in [-0.4, -0.2) is 26.6 Å². The van der Waals surface area contributed by atoms with Gasteiger partial charge in [-0.25, -0.2) is 0 Å². The molecule has 39 heavy (non-hydrogen) atoms. The maximum atomic E-state index is 5.93. The van der Waals surface area contributed by atoms with Crippen molar-refractivity contribution in [3.05, 3.63) is 0 Å². The van der Waals surface area contributed by atoms with Gasteiger partial charge in [0.2, 0.25) is 0 Å². The Morgan fingerprint density at radius 1 is 0.359 bits per heavy atom. The van der Waals surface area contributed by atoms with Crippen LogP contribution in [0.4, 0.5) is 0 Å². The highest BCUT2D eigenvalue weighted by molar-refractivity contribution is 6.36. The van der Waals surface area contributed by atoms with E-state index in [1.165, 1.54) is 167 Å². The Balaban J connectivity index is 3.47. The van der Waals surface area contributed by atoms with Crippen LogP contribution in [0.2, 0.25) is 0 Å². The molecule has 0 rings (SSSR count). The standard InChI is InChI=1S/C35H73BO3/c1-5-7-9-11-13-15-17-19-21-23-25-27-29-31-33-37-36(39-35(3)4)38-34-32-30-28-26-24-22-20-18-16-14-12-10-8-6-2/h35H,5-34H2,1-4H3. The number of hydrogen-bond acceptors (Lipinski definition) is 3. The van der Waals surface area contributed by atoms with Crippen LogP contribution >= 0.6 is 0 Å². The highest BCUT2D eigenvalue weighted by Crippen LogP contribution is 2.15. The maximum absolute atomic E-state index is 5.93. The zero-order valence-electron chi connectivity index (χ0n) is 27.6. The summed E-state index contributed by atoms with van der Waals surface area (Å²) in [6, 6.07) is 0. The summed E-state index contributed by atoms with van der Waals surface area (Å²) >= 11 is 0. The molecule has 0 aromatic heterocycles. The van der Waals surface area contributed by atoms with E-state index in [-0.39, 0.29) is 6.10 Å². The van der Waals surface area contributed by atoms with Crippen molar-refractivity contribution < 1.29 is 14.0 Å². The van der Waals surface area contributed by atoms with E-state index in [2.05, 4.69) is 27.7 Å². The van der Waals surface area contributed by atoms with Gasteiger partial charge < -0.3 is 14.0 Å². The lowest BCUT2D eigenvalue weighted by atomic mass is 10.0. The molecule has 0 radical (unpaired) electrons. The van der Waals surface area contributed by atoms with Crippen molar-refractivity contribution in [2.45, 2.75) is 214 Å². The first-order chi connectivity index (χ1) is 19.2. The predicted octanol–water partition coefficient (Wildman–Crippen LogP) is 12.4. The van der Waals surface area contributed by atoms with Crippen LogP contribution in [-0.2, 0) is 14.0 Å². The highest BCUT2D eigenvalue weighted by atomic mass is 16.7. The van der Waals surface area contributed by atoms with Gasteiger partial charge >= 0.3 is 7.32 Å². The van der Waals surface area contributed by atoms with Gasteiger partial charge in [-0.3, -0.25) is 0 Å². The Bertz CT molecular complexity index is 398. The second-order valence-electron chi connectivity index (χ2n) is 12.4. The minimum Gasteiger partial charge on any atom is -0.386 e. The number of rotatable bonds is 34. The minimum absolute atomic E-state index is 0.127. The summed E-state index contributed by atoms with van der Waals surface area (Å²) in [4.78, 5) is 0. The zero-order valence-corrected chi connectivity index (χ0v) is 27.6. The molecule has 0 saturated heterocycles. The summed E-state index contributed by atoms with van der Waals surface area (Å²) in [6.45, 7) is 10.2. The third kappa shape index (κ3) is 34.1. The van der Waals surface area contributed by atoms with E-state index < -0.39 is 7.32 Å². The normalized spacial score (nSPS) is 11.6. The van der Waals surface area contributed by atoms with Crippen molar-refractivity contribution in [3.63, 3.8) is 0 Å². The Labute approximate surface area is 247 Å². The summed E-state index contributed by atoms with van der Waals surface area (Å²) in [5, 5.41) is 0. The first kappa shape index (κ1) is 38.9. The fourth-order valence-electron chi connectivity index (χ4n) is 5.30. The molecule has 0 atom stereocenters. The van der Waals surface area contributed by atoms with Gasteiger partial charge in [0.05, 0.1) is 0 Å². The molecule has 0 N–H and O–H groups in total. The molecular formula is C35H73BO3. The summed E-state index contributed by atoms with van der Waals surface area (Å²) in [5.74, 6) is 0. The second kappa shape index (κ2) is 34.1. The quantitative estimate of drug-likeness (QED) is 0.0587. The van der Waals surface area contributed by atoms with Gasteiger partial charge in [0.15, 0.2) is 0 Å². The summed E-state index contributed by atoms with van der Waals surface area (Å²) in [5.41, 5.74) is 0. The van der Waals surface area contributed by atoms with Crippen LogP contribution in [0, 0.1) is 0 Å². The SMILES string of the molecule is CCCCCCCCCCCCCCCCOB(OCCCCCCCCCCCCCCCC)OC(C)C.